The van der Waals surface area contributed by atoms with Crippen LogP contribution in [0.25, 0.3) is 11.6 Å². The van der Waals surface area contributed by atoms with Gasteiger partial charge in [0.25, 0.3) is 11.1 Å². The molecule has 8 nitrogen and oxygen atoms in total. The van der Waals surface area contributed by atoms with Crippen molar-refractivity contribution in [1.29, 1.82) is 0 Å². The van der Waals surface area contributed by atoms with Crippen LogP contribution in [0.2, 0.25) is 0 Å². The molecular formula is C22H23F3N6O2S. The van der Waals surface area contributed by atoms with Crippen LogP contribution < -0.4 is 10.2 Å². The molecule has 4 rings (SSSR count). The van der Waals surface area contributed by atoms with Crippen molar-refractivity contribution in [2.45, 2.75) is 18.3 Å². The van der Waals surface area contributed by atoms with Gasteiger partial charge in [0.15, 0.2) is 0 Å². The summed E-state index contributed by atoms with van der Waals surface area (Å²) in [5.74, 6) is -0.367. The van der Waals surface area contributed by atoms with E-state index in [-0.39, 0.29) is 22.6 Å². The van der Waals surface area contributed by atoms with Crippen molar-refractivity contribution in [1.82, 2.24) is 20.1 Å². The average Bonchev–Trinajstić information content (AvgIpc) is 3.32. The van der Waals surface area contributed by atoms with Gasteiger partial charge in [0.05, 0.1) is 22.7 Å². The van der Waals surface area contributed by atoms with Crippen molar-refractivity contribution in [2.24, 2.45) is 0 Å². The Morgan fingerprint density at radius 1 is 1.15 bits per heavy atom. The summed E-state index contributed by atoms with van der Waals surface area (Å²) in [5, 5.41) is 10.6. The molecule has 2 aromatic heterocycles. The number of nitrogens with zero attached hydrogens (tertiary/aromatic N) is 5. The van der Waals surface area contributed by atoms with Gasteiger partial charge in [0.1, 0.15) is 5.69 Å². The lowest BCUT2D eigenvalue weighted by Gasteiger charge is -2.36. The molecule has 34 heavy (non-hydrogen) atoms. The molecule has 1 fully saturated rings. The molecule has 1 saturated heterocycles. The summed E-state index contributed by atoms with van der Waals surface area (Å²) in [5.41, 5.74) is 0.383. The Morgan fingerprint density at radius 3 is 2.62 bits per heavy atom. The number of hydrogen-bond acceptors (Lipinski definition) is 8. The SMILES string of the molecule is CCN1CCN(c2ccc(C(F)(F)F)cc2NC(=O)CSc2nnc(-c3ccccn3)o2)CC1. The summed E-state index contributed by atoms with van der Waals surface area (Å²) in [4.78, 5) is 21.0. The van der Waals surface area contributed by atoms with Gasteiger partial charge in [0.2, 0.25) is 5.91 Å². The molecule has 0 bridgehead atoms. The number of alkyl halides is 3. The number of hydrogen-bond donors (Lipinski definition) is 1. The van der Waals surface area contributed by atoms with Gasteiger partial charge in [0, 0.05) is 32.4 Å². The van der Waals surface area contributed by atoms with Crippen LogP contribution in [-0.2, 0) is 11.0 Å². The molecule has 3 heterocycles. The third-order valence-corrected chi connectivity index (χ3v) is 6.19. The molecule has 0 atom stereocenters. The number of halogens is 3. The van der Waals surface area contributed by atoms with Gasteiger partial charge in [-0.1, -0.05) is 24.8 Å². The Kier molecular flexibility index (Phi) is 7.37. The fourth-order valence-electron chi connectivity index (χ4n) is 3.57. The summed E-state index contributed by atoms with van der Waals surface area (Å²) in [6.45, 7) is 5.91. The number of benzene rings is 1. The molecule has 0 aliphatic carbocycles. The molecule has 0 saturated carbocycles. The normalized spacial score (nSPS) is 14.9. The quantitative estimate of drug-likeness (QED) is 0.495. The third-order valence-electron chi connectivity index (χ3n) is 5.38. The van der Waals surface area contributed by atoms with Crippen LogP contribution >= 0.6 is 11.8 Å². The van der Waals surface area contributed by atoms with Crippen molar-refractivity contribution in [2.75, 3.05) is 48.7 Å². The zero-order chi connectivity index (χ0) is 24.1. The predicted octanol–water partition coefficient (Wildman–Crippen LogP) is 4.02. The van der Waals surface area contributed by atoms with Crippen molar-refractivity contribution in [3.05, 3.63) is 48.2 Å². The number of likely N-dealkylation sites (N-methyl/N-ethyl adjacent to an activating group) is 1. The Balaban J connectivity index is 1.45. The second kappa shape index (κ2) is 10.4. The number of anilines is 2. The standard InChI is InChI=1S/C22H23F3N6O2S/c1-2-30-9-11-31(12-10-30)18-7-6-15(22(23,24)25)13-17(18)27-19(32)14-34-21-29-28-20(33-21)16-5-3-4-8-26-16/h3-8,13H,2,9-12,14H2,1H3,(H,27,32). The van der Waals surface area contributed by atoms with Gasteiger partial charge in [-0.05, 0) is 36.9 Å². The molecular weight excluding hydrogens is 469 g/mol. The van der Waals surface area contributed by atoms with Crippen LogP contribution in [0.5, 0.6) is 0 Å². The van der Waals surface area contributed by atoms with Crippen LogP contribution in [0.4, 0.5) is 24.5 Å². The van der Waals surface area contributed by atoms with E-state index in [9.17, 15) is 18.0 Å². The number of pyridine rings is 1. The zero-order valence-electron chi connectivity index (χ0n) is 18.4. The van der Waals surface area contributed by atoms with Crippen molar-refractivity contribution in [3.63, 3.8) is 0 Å². The van der Waals surface area contributed by atoms with Crippen LogP contribution in [0.15, 0.2) is 52.2 Å². The monoisotopic (exact) mass is 492 g/mol. The molecule has 0 radical (unpaired) electrons. The summed E-state index contributed by atoms with van der Waals surface area (Å²) in [6, 6.07) is 8.70. The molecule has 1 aliphatic heterocycles. The third kappa shape index (κ3) is 5.86. The first-order valence-electron chi connectivity index (χ1n) is 10.7. The minimum Gasteiger partial charge on any atom is -0.410 e. The maximum absolute atomic E-state index is 13.3. The maximum atomic E-state index is 13.3. The maximum Gasteiger partial charge on any atom is 0.416 e. The highest BCUT2D eigenvalue weighted by Gasteiger charge is 2.32. The van der Waals surface area contributed by atoms with Crippen LogP contribution in [0.3, 0.4) is 0 Å². The minimum atomic E-state index is -4.51. The van der Waals surface area contributed by atoms with Crippen LogP contribution in [-0.4, -0.2) is 64.5 Å². The number of amides is 1. The average molecular weight is 493 g/mol. The van der Waals surface area contributed by atoms with E-state index in [1.54, 1.807) is 24.4 Å². The van der Waals surface area contributed by atoms with Crippen molar-refractivity contribution >= 4 is 29.0 Å². The van der Waals surface area contributed by atoms with E-state index >= 15 is 0 Å². The summed E-state index contributed by atoms with van der Waals surface area (Å²) in [7, 11) is 0. The first kappa shape index (κ1) is 24.0. The lowest BCUT2D eigenvalue weighted by Crippen LogP contribution is -2.46. The molecule has 1 aromatic carbocycles. The molecule has 12 heteroatoms. The number of rotatable bonds is 7. The Morgan fingerprint density at radius 2 is 1.94 bits per heavy atom. The number of thioether (sulfide) groups is 1. The van der Waals surface area contributed by atoms with E-state index in [1.807, 2.05) is 4.90 Å². The first-order chi connectivity index (χ1) is 16.3. The van der Waals surface area contributed by atoms with Crippen molar-refractivity contribution < 1.29 is 22.4 Å². The minimum absolute atomic E-state index is 0.108. The molecule has 0 spiro atoms. The van der Waals surface area contributed by atoms with E-state index in [2.05, 4.69) is 32.3 Å². The molecule has 1 aliphatic rings. The largest absolute Gasteiger partial charge is 0.416 e. The molecule has 3 aromatic rings. The van der Waals surface area contributed by atoms with E-state index in [0.717, 1.165) is 43.5 Å². The second-order valence-electron chi connectivity index (χ2n) is 7.58. The van der Waals surface area contributed by atoms with E-state index in [4.69, 9.17) is 4.42 Å². The fraction of sp³-hybridized carbons (Fsp3) is 0.364. The van der Waals surface area contributed by atoms with Gasteiger partial charge >= 0.3 is 6.18 Å². The molecule has 180 valence electrons. The Labute approximate surface area is 198 Å². The summed E-state index contributed by atoms with van der Waals surface area (Å²) < 4.78 is 45.5. The topological polar surface area (TPSA) is 87.4 Å². The van der Waals surface area contributed by atoms with Gasteiger partial charge in [-0.15, -0.1) is 10.2 Å². The fourth-order valence-corrected chi connectivity index (χ4v) is 4.13. The van der Waals surface area contributed by atoms with Gasteiger partial charge < -0.3 is 19.5 Å². The second-order valence-corrected chi connectivity index (χ2v) is 8.50. The highest BCUT2D eigenvalue weighted by atomic mass is 32.2. The first-order valence-corrected chi connectivity index (χ1v) is 11.7. The van der Waals surface area contributed by atoms with Gasteiger partial charge in [-0.25, -0.2) is 0 Å². The Hall–Kier alpha value is -3.12. The van der Waals surface area contributed by atoms with Gasteiger partial charge in [-0.2, -0.15) is 13.2 Å². The molecule has 1 amide bonds. The molecule has 1 N–H and O–H groups in total. The number of aromatic nitrogens is 3. The highest BCUT2D eigenvalue weighted by Crippen LogP contribution is 2.36. The summed E-state index contributed by atoms with van der Waals surface area (Å²) in [6.07, 6.45) is -2.92. The molecule has 0 unspecified atom stereocenters. The number of nitrogens with one attached hydrogen (secondary N) is 1. The van der Waals surface area contributed by atoms with Gasteiger partial charge in [-0.3, -0.25) is 9.78 Å². The zero-order valence-corrected chi connectivity index (χ0v) is 19.2. The lowest BCUT2D eigenvalue weighted by molar-refractivity contribution is -0.137. The number of carbonyl (C=O) groups is 1. The number of carbonyl (C=O) groups excluding carboxylic acids is 1. The smallest absolute Gasteiger partial charge is 0.410 e. The highest BCUT2D eigenvalue weighted by molar-refractivity contribution is 7.99. The number of piperazine rings is 1. The Bertz CT molecular complexity index is 1120. The van der Waals surface area contributed by atoms with Crippen LogP contribution in [0.1, 0.15) is 12.5 Å². The van der Waals surface area contributed by atoms with Crippen molar-refractivity contribution in [3.8, 4) is 11.6 Å². The summed E-state index contributed by atoms with van der Waals surface area (Å²) >= 11 is 0.995. The van der Waals surface area contributed by atoms with E-state index < -0.39 is 17.6 Å². The van der Waals surface area contributed by atoms with E-state index in [1.165, 1.54) is 6.07 Å². The lowest BCUT2D eigenvalue weighted by atomic mass is 10.1. The predicted molar refractivity (Wildman–Crippen MR) is 123 cm³/mol. The van der Waals surface area contributed by atoms with E-state index in [0.29, 0.717) is 24.5 Å². The van der Waals surface area contributed by atoms with Crippen LogP contribution in [0, 0.1) is 0 Å².